The molecule has 0 aromatic heterocycles. The lowest BCUT2D eigenvalue weighted by Crippen LogP contribution is -2.63. The third-order valence-electron chi connectivity index (χ3n) is 7.24. The number of nitrogens with zero attached hydrogens (tertiary/aromatic N) is 2. The van der Waals surface area contributed by atoms with E-state index in [0.717, 1.165) is 49.7 Å². The molecule has 0 aromatic carbocycles. The van der Waals surface area contributed by atoms with Crippen LogP contribution in [0.5, 0.6) is 0 Å². The van der Waals surface area contributed by atoms with Gasteiger partial charge in [0, 0.05) is 35.2 Å². The minimum absolute atomic E-state index is 0.0442. The number of amides is 1. The minimum Gasteiger partial charge on any atom is -0.477 e. The minimum atomic E-state index is -1.03. The quantitative estimate of drug-likeness (QED) is 0.555. The maximum absolute atomic E-state index is 12.5. The highest BCUT2D eigenvalue weighted by Gasteiger charge is 2.60. The highest BCUT2D eigenvalue weighted by atomic mass is 32.2. The van der Waals surface area contributed by atoms with Crippen molar-refractivity contribution in [1.29, 1.82) is 0 Å². The van der Waals surface area contributed by atoms with Crippen LogP contribution in [0.3, 0.4) is 0 Å². The first-order valence-corrected chi connectivity index (χ1v) is 11.8. The Morgan fingerprint density at radius 2 is 1.97 bits per heavy atom. The van der Waals surface area contributed by atoms with Gasteiger partial charge >= 0.3 is 5.97 Å². The van der Waals surface area contributed by atoms with Gasteiger partial charge in [0.25, 0.3) is 0 Å². The smallest absolute Gasteiger partial charge is 0.353 e. The van der Waals surface area contributed by atoms with Crippen molar-refractivity contribution in [2.45, 2.75) is 69.4 Å². The van der Waals surface area contributed by atoms with Crippen LogP contribution in [0.15, 0.2) is 10.6 Å². The molecule has 2 saturated heterocycles. The van der Waals surface area contributed by atoms with Gasteiger partial charge in [0.05, 0.1) is 18.1 Å². The van der Waals surface area contributed by atoms with Crippen LogP contribution in [-0.2, 0) is 9.59 Å². The number of carboxylic acids is 1. The molecule has 3 aliphatic heterocycles. The Bertz CT molecular complexity index is 704. The second-order valence-corrected chi connectivity index (χ2v) is 10.7. The van der Waals surface area contributed by atoms with Crippen LogP contribution in [0.1, 0.15) is 46.0 Å². The SMILES string of the molecule is C[C@@H](O)[C@H]1C(=O)N2C(C(=O)O)=C(S[C@@H]3CCN(CC4CCC(N)CC4)C3)[C@H](C)[C@H]12. The van der Waals surface area contributed by atoms with Gasteiger partial charge in [-0.05, 0) is 51.5 Å². The summed E-state index contributed by atoms with van der Waals surface area (Å²) in [6, 6.07) is 0.150. The number of β-lactam (4-membered cyclic amide) rings is 1. The normalized spacial score (nSPS) is 38.9. The van der Waals surface area contributed by atoms with Crippen LogP contribution in [0.25, 0.3) is 0 Å². The molecule has 3 fully saturated rings. The molecule has 5 atom stereocenters. The summed E-state index contributed by atoms with van der Waals surface area (Å²) >= 11 is 1.65. The topological polar surface area (TPSA) is 107 Å². The molecule has 3 heterocycles. The van der Waals surface area contributed by atoms with Crippen molar-refractivity contribution in [3.05, 3.63) is 10.6 Å². The lowest BCUT2D eigenvalue weighted by Gasteiger charge is -2.46. The number of carbonyl (C=O) groups excluding carboxylic acids is 1. The number of thioether (sulfide) groups is 1. The molecule has 0 aromatic rings. The summed E-state index contributed by atoms with van der Waals surface area (Å²) in [7, 11) is 0. The van der Waals surface area contributed by atoms with Crippen LogP contribution in [0, 0.1) is 17.8 Å². The second-order valence-electron chi connectivity index (χ2n) is 9.34. The third kappa shape index (κ3) is 3.84. The van der Waals surface area contributed by atoms with E-state index < -0.39 is 18.0 Å². The number of aliphatic hydroxyl groups is 1. The van der Waals surface area contributed by atoms with Gasteiger partial charge in [-0.2, -0.15) is 0 Å². The summed E-state index contributed by atoms with van der Waals surface area (Å²) in [6.07, 6.45) is 4.95. The number of fused-ring (bicyclic) bond motifs is 1. The van der Waals surface area contributed by atoms with Crippen LogP contribution < -0.4 is 5.73 Å². The van der Waals surface area contributed by atoms with Gasteiger partial charge in [-0.15, -0.1) is 11.8 Å². The second kappa shape index (κ2) is 8.21. The van der Waals surface area contributed by atoms with E-state index in [2.05, 4.69) is 4.90 Å². The largest absolute Gasteiger partial charge is 0.477 e. The molecular weight excluding hydrogens is 390 g/mol. The lowest BCUT2D eigenvalue weighted by atomic mass is 9.79. The number of aliphatic hydroxyl groups excluding tert-OH is 1. The van der Waals surface area contributed by atoms with Crippen LogP contribution in [0.2, 0.25) is 0 Å². The van der Waals surface area contributed by atoms with Crippen LogP contribution >= 0.6 is 11.8 Å². The molecule has 7 nitrogen and oxygen atoms in total. The van der Waals surface area contributed by atoms with Crippen molar-refractivity contribution in [2.75, 3.05) is 19.6 Å². The van der Waals surface area contributed by atoms with Crippen molar-refractivity contribution < 1.29 is 19.8 Å². The molecule has 0 bridgehead atoms. The Morgan fingerprint density at radius 3 is 2.59 bits per heavy atom. The molecule has 4 N–H and O–H groups in total. The van der Waals surface area contributed by atoms with Gasteiger partial charge < -0.3 is 25.7 Å². The maximum Gasteiger partial charge on any atom is 0.353 e. The monoisotopic (exact) mass is 423 g/mol. The fourth-order valence-corrected chi connectivity index (χ4v) is 7.17. The fourth-order valence-electron chi connectivity index (χ4n) is 5.65. The van der Waals surface area contributed by atoms with Gasteiger partial charge in [0.15, 0.2) is 0 Å². The first kappa shape index (κ1) is 21.2. The first-order valence-electron chi connectivity index (χ1n) is 10.9. The highest BCUT2D eigenvalue weighted by molar-refractivity contribution is 8.03. The molecule has 1 saturated carbocycles. The summed E-state index contributed by atoms with van der Waals surface area (Å²) in [6.45, 7) is 6.74. The zero-order chi connectivity index (χ0) is 20.9. The predicted octanol–water partition coefficient (Wildman–Crippen LogP) is 1.47. The van der Waals surface area contributed by atoms with Crippen molar-refractivity contribution in [3.8, 4) is 0 Å². The number of aliphatic carboxylic acids is 1. The van der Waals surface area contributed by atoms with Gasteiger partial charge in [0.2, 0.25) is 5.91 Å². The Morgan fingerprint density at radius 1 is 1.28 bits per heavy atom. The maximum atomic E-state index is 12.5. The molecule has 162 valence electrons. The van der Waals surface area contributed by atoms with Gasteiger partial charge in [0.1, 0.15) is 5.70 Å². The molecule has 4 aliphatic rings. The zero-order valence-corrected chi connectivity index (χ0v) is 18.1. The molecule has 0 radical (unpaired) electrons. The van der Waals surface area contributed by atoms with Crippen molar-refractivity contribution in [2.24, 2.45) is 23.5 Å². The molecular formula is C21H33N3O4S. The van der Waals surface area contributed by atoms with E-state index in [0.29, 0.717) is 11.3 Å². The summed E-state index contributed by atoms with van der Waals surface area (Å²) in [5.74, 6) is -1.10. The Kier molecular flexibility index (Phi) is 5.99. The van der Waals surface area contributed by atoms with E-state index in [1.165, 1.54) is 17.7 Å². The number of hydrogen-bond donors (Lipinski definition) is 3. The number of nitrogens with two attached hydrogens (primary N) is 1. The highest BCUT2D eigenvalue weighted by Crippen LogP contribution is 2.51. The van der Waals surface area contributed by atoms with Gasteiger partial charge in [-0.1, -0.05) is 6.92 Å². The van der Waals surface area contributed by atoms with E-state index in [9.17, 15) is 19.8 Å². The molecule has 8 heteroatoms. The van der Waals surface area contributed by atoms with E-state index in [1.54, 1.807) is 18.7 Å². The molecule has 0 unspecified atom stereocenters. The van der Waals surface area contributed by atoms with Crippen molar-refractivity contribution in [3.63, 3.8) is 0 Å². The molecule has 0 spiro atoms. The average molecular weight is 424 g/mol. The van der Waals surface area contributed by atoms with E-state index in [1.807, 2.05) is 6.92 Å². The standard InChI is InChI=1S/C21H33N3O4S/c1-11-17-16(12(2)25)20(26)24(17)18(21(27)28)19(11)29-15-7-8-23(10-15)9-13-3-5-14(22)6-4-13/h11-17,25H,3-10,22H2,1-2H3,(H,27,28)/t11-,12-,13?,14?,15-,16-,17-/m1/s1. The Labute approximate surface area is 176 Å². The molecule has 1 amide bonds. The summed E-state index contributed by atoms with van der Waals surface area (Å²) in [5.41, 5.74) is 6.17. The van der Waals surface area contributed by atoms with E-state index in [-0.39, 0.29) is 23.6 Å². The van der Waals surface area contributed by atoms with Crippen LogP contribution in [0.4, 0.5) is 0 Å². The van der Waals surface area contributed by atoms with Crippen LogP contribution in [-0.4, -0.2) is 75.0 Å². The molecule has 29 heavy (non-hydrogen) atoms. The van der Waals surface area contributed by atoms with Gasteiger partial charge in [-0.3, -0.25) is 4.79 Å². The average Bonchev–Trinajstić information content (AvgIpc) is 3.18. The lowest BCUT2D eigenvalue weighted by molar-refractivity contribution is -0.163. The summed E-state index contributed by atoms with van der Waals surface area (Å²) < 4.78 is 0. The van der Waals surface area contributed by atoms with Gasteiger partial charge in [-0.25, -0.2) is 4.79 Å². The van der Waals surface area contributed by atoms with E-state index in [4.69, 9.17) is 5.73 Å². The number of carboxylic acid groups (broad SMARTS) is 1. The van der Waals surface area contributed by atoms with E-state index >= 15 is 0 Å². The fraction of sp³-hybridized carbons (Fsp3) is 0.810. The number of likely N-dealkylation sites (tertiary alicyclic amines) is 1. The third-order valence-corrected chi connectivity index (χ3v) is 8.78. The zero-order valence-electron chi connectivity index (χ0n) is 17.3. The predicted molar refractivity (Wildman–Crippen MR) is 112 cm³/mol. The summed E-state index contributed by atoms with van der Waals surface area (Å²) in [4.78, 5) is 29.2. The number of carbonyl (C=O) groups is 2. The number of hydrogen-bond acceptors (Lipinski definition) is 6. The first-order chi connectivity index (χ1) is 13.8. The molecule has 4 rings (SSSR count). The Hall–Kier alpha value is -1.09. The van der Waals surface area contributed by atoms with Crippen molar-refractivity contribution >= 4 is 23.6 Å². The van der Waals surface area contributed by atoms with Crippen molar-refractivity contribution in [1.82, 2.24) is 9.80 Å². The number of rotatable bonds is 6. The summed E-state index contributed by atoms with van der Waals surface area (Å²) in [5, 5.41) is 20.1. The molecule has 1 aliphatic carbocycles. The Balaban J connectivity index is 1.40.